The number of carbonyl (C=O) groups is 1. The number of hydrogen-bond acceptors (Lipinski definition) is 2. The summed E-state index contributed by atoms with van der Waals surface area (Å²) in [7, 11) is 0. The Morgan fingerprint density at radius 2 is 1.91 bits per heavy atom. The molecule has 0 spiro atoms. The monoisotopic (exact) mass is 338 g/mol. The molecule has 0 aliphatic heterocycles. The molecule has 2 aromatic carbocycles. The van der Waals surface area contributed by atoms with E-state index in [9.17, 15) is 9.18 Å². The topological polar surface area (TPSA) is 61.4 Å². The molecule has 114 valence electrons. The predicted octanol–water partition coefficient (Wildman–Crippen LogP) is 3.66. The minimum atomic E-state index is -0.968. The number of anilines is 1. The summed E-state index contributed by atoms with van der Waals surface area (Å²) in [4.78, 5) is 10.7. The SMILES string of the molecule is O=C(O)c1ccc(CNC(=S)Nc2ccc(F)c(Cl)c2)cc1. The highest BCUT2D eigenvalue weighted by Gasteiger charge is 2.04. The Kier molecular flexibility index (Phi) is 5.30. The number of hydrogen-bond donors (Lipinski definition) is 3. The Morgan fingerprint density at radius 1 is 1.23 bits per heavy atom. The van der Waals surface area contributed by atoms with Crippen LogP contribution in [0.2, 0.25) is 5.02 Å². The number of rotatable bonds is 4. The average Bonchev–Trinajstić information content (AvgIpc) is 2.49. The summed E-state index contributed by atoms with van der Waals surface area (Å²) < 4.78 is 13.0. The first-order chi connectivity index (χ1) is 10.5. The van der Waals surface area contributed by atoms with Crippen molar-refractivity contribution < 1.29 is 14.3 Å². The van der Waals surface area contributed by atoms with E-state index in [-0.39, 0.29) is 10.6 Å². The molecule has 0 saturated heterocycles. The summed E-state index contributed by atoms with van der Waals surface area (Å²) in [6.45, 7) is 0.431. The molecule has 22 heavy (non-hydrogen) atoms. The molecule has 0 heterocycles. The third kappa shape index (κ3) is 4.41. The van der Waals surface area contributed by atoms with E-state index < -0.39 is 11.8 Å². The molecule has 0 fully saturated rings. The largest absolute Gasteiger partial charge is 0.478 e. The standard InChI is InChI=1S/C15H12ClFN2O2S/c16-12-7-11(5-6-13(12)17)19-15(22)18-8-9-1-3-10(4-2-9)14(20)21/h1-7H,8H2,(H,20,21)(H2,18,19,22). The molecule has 4 nitrogen and oxygen atoms in total. The lowest BCUT2D eigenvalue weighted by Crippen LogP contribution is -2.27. The third-order valence-electron chi connectivity index (χ3n) is 2.83. The molecule has 2 rings (SSSR count). The van der Waals surface area contributed by atoms with Crippen LogP contribution in [0.3, 0.4) is 0 Å². The van der Waals surface area contributed by atoms with Crippen LogP contribution in [0.25, 0.3) is 0 Å². The quantitative estimate of drug-likeness (QED) is 0.743. The number of carboxylic acid groups (broad SMARTS) is 1. The molecule has 0 radical (unpaired) electrons. The maximum absolute atomic E-state index is 13.0. The van der Waals surface area contributed by atoms with Gasteiger partial charge in [-0.15, -0.1) is 0 Å². The van der Waals surface area contributed by atoms with Crippen LogP contribution in [0.5, 0.6) is 0 Å². The molecular formula is C15H12ClFN2O2S. The highest BCUT2D eigenvalue weighted by Crippen LogP contribution is 2.19. The van der Waals surface area contributed by atoms with Crippen LogP contribution in [0.1, 0.15) is 15.9 Å². The van der Waals surface area contributed by atoms with E-state index in [4.69, 9.17) is 28.9 Å². The van der Waals surface area contributed by atoms with E-state index in [1.165, 1.54) is 30.3 Å². The molecule has 0 atom stereocenters. The van der Waals surface area contributed by atoms with Crippen molar-refractivity contribution in [2.45, 2.75) is 6.54 Å². The zero-order valence-electron chi connectivity index (χ0n) is 11.3. The molecule has 0 aliphatic rings. The van der Waals surface area contributed by atoms with Crippen LogP contribution in [0, 0.1) is 5.82 Å². The van der Waals surface area contributed by atoms with Crippen molar-refractivity contribution >= 4 is 40.6 Å². The number of nitrogens with one attached hydrogen (secondary N) is 2. The van der Waals surface area contributed by atoms with E-state index in [0.29, 0.717) is 17.3 Å². The van der Waals surface area contributed by atoms with Gasteiger partial charge in [-0.3, -0.25) is 0 Å². The Bertz CT molecular complexity index is 707. The Hall–Kier alpha value is -2.18. The zero-order valence-corrected chi connectivity index (χ0v) is 12.8. The molecule has 0 aromatic heterocycles. The van der Waals surface area contributed by atoms with Crippen LogP contribution in [0.4, 0.5) is 10.1 Å². The lowest BCUT2D eigenvalue weighted by atomic mass is 10.1. The van der Waals surface area contributed by atoms with E-state index in [1.54, 1.807) is 12.1 Å². The van der Waals surface area contributed by atoms with Crippen LogP contribution in [-0.2, 0) is 6.54 Å². The Balaban J connectivity index is 1.89. The number of thiocarbonyl (C=S) groups is 1. The summed E-state index contributed by atoms with van der Waals surface area (Å²) in [5.41, 5.74) is 1.68. The molecular weight excluding hydrogens is 327 g/mol. The maximum Gasteiger partial charge on any atom is 0.335 e. The van der Waals surface area contributed by atoms with Gasteiger partial charge in [0.25, 0.3) is 0 Å². The lowest BCUT2D eigenvalue weighted by molar-refractivity contribution is 0.0697. The van der Waals surface area contributed by atoms with Gasteiger partial charge in [-0.1, -0.05) is 23.7 Å². The van der Waals surface area contributed by atoms with Crippen molar-refractivity contribution in [3.63, 3.8) is 0 Å². The van der Waals surface area contributed by atoms with Gasteiger partial charge in [0, 0.05) is 12.2 Å². The highest BCUT2D eigenvalue weighted by molar-refractivity contribution is 7.80. The predicted molar refractivity (Wildman–Crippen MR) is 87.9 cm³/mol. The van der Waals surface area contributed by atoms with Crippen LogP contribution in [0.15, 0.2) is 42.5 Å². The van der Waals surface area contributed by atoms with Crippen molar-refractivity contribution in [3.8, 4) is 0 Å². The fourth-order valence-electron chi connectivity index (χ4n) is 1.70. The van der Waals surface area contributed by atoms with E-state index >= 15 is 0 Å². The van der Waals surface area contributed by atoms with Crippen molar-refractivity contribution in [2.75, 3.05) is 5.32 Å². The minimum Gasteiger partial charge on any atom is -0.478 e. The molecule has 0 amide bonds. The second-order valence-corrected chi connectivity index (χ2v) is 5.25. The molecule has 7 heteroatoms. The van der Waals surface area contributed by atoms with Gasteiger partial charge < -0.3 is 15.7 Å². The second-order valence-electron chi connectivity index (χ2n) is 4.44. The summed E-state index contributed by atoms with van der Waals surface area (Å²) in [6.07, 6.45) is 0. The van der Waals surface area contributed by atoms with E-state index in [1.807, 2.05) is 0 Å². The third-order valence-corrected chi connectivity index (χ3v) is 3.37. The minimum absolute atomic E-state index is 0.0112. The Labute approximate surface area is 136 Å². The summed E-state index contributed by atoms with van der Waals surface area (Å²) in [5, 5.41) is 15.0. The fraction of sp³-hybridized carbons (Fsp3) is 0.0667. The molecule has 0 bridgehead atoms. The molecule has 2 aromatic rings. The first-order valence-electron chi connectivity index (χ1n) is 6.28. The van der Waals surface area contributed by atoms with Gasteiger partial charge in [-0.2, -0.15) is 0 Å². The highest BCUT2D eigenvalue weighted by atomic mass is 35.5. The number of halogens is 2. The van der Waals surface area contributed by atoms with Gasteiger partial charge in [0.1, 0.15) is 5.82 Å². The fourth-order valence-corrected chi connectivity index (χ4v) is 2.07. The van der Waals surface area contributed by atoms with Gasteiger partial charge in [-0.05, 0) is 48.1 Å². The molecule has 3 N–H and O–H groups in total. The van der Waals surface area contributed by atoms with Crippen LogP contribution in [-0.4, -0.2) is 16.2 Å². The van der Waals surface area contributed by atoms with Crippen molar-refractivity contribution in [1.29, 1.82) is 0 Å². The number of benzene rings is 2. The average molecular weight is 339 g/mol. The molecule has 0 aliphatic carbocycles. The first kappa shape index (κ1) is 16.2. The van der Waals surface area contributed by atoms with Crippen LogP contribution < -0.4 is 10.6 Å². The summed E-state index contributed by atoms with van der Waals surface area (Å²) in [6, 6.07) is 10.7. The zero-order chi connectivity index (χ0) is 16.1. The second kappa shape index (κ2) is 7.20. The van der Waals surface area contributed by atoms with Crippen molar-refractivity contribution in [2.24, 2.45) is 0 Å². The van der Waals surface area contributed by atoms with Crippen LogP contribution >= 0.6 is 23.8 Å². The van der Waals surface area contributed by atoms with Gasteiger partial charge in [0.15, 0.2) is 5.11 Å². The number of carboxylic acids is 1. The summed E-state index contributed by atoms with van der Waals surface area (Å²) in [5.74, 6) is -1.46. The normalized spacial score (nSPS) is 10.1. The van der Waals surface area contributed by atoms with Crippen molar-refractivity contribution in [3.05, 3.63) is 64.4 Å². The van der Waals surface area contributed by atoms with Gasteiger partial charge in [0.2, 0.25) is 0 Å². The van der Waals surface area contributed by atoms with Gasteiger partial charge in [-0.25, -0.2) is 9.18 Å². The van der Waals surface area contributed by atoms with E-state index in [2.05, 4.69) is 10.6 Å². The maximum atomic E-state index is 13.0. The van der Waals surface area contributed by atoms with Crippen molar-refractivity contribution in [1.82, 2.24) is 5.32 Å². The smallest absolute Gasteiger partial charge is 0.335 e. The van der Waals surface area contributed by atoms with Gasteiger partial charge in [0.05, 0.1) is 10.6 Å². The molecule has 0 unspecified atom stereocenters. The van der Waals surface area contributed by atoms with Gasteiger partial charge >= 0.3 is 5.97 Å². The van der Waals surface area contributed by atoms with E-state index in [0.717, 1.165) is 5.56 Å². The lowest BCUT2D eigenvalue weighted by Gasteiger charge is -2.11. The first-order valence-corrected chi connectivity index (χ1v) is 7.06. The number of aromatic carboxylic acids is 1. The molecule has 0 saturated carbocycles. The Morgan fingerprint density at radius 3 is 2.50 bits per heavy atom. The summed E-state index contributed by atoms with van der Waals surface area (Å²) >= 11 is 10.8.